The summed E-state index contributed by atoms with van der Waals surface area (Å²) in [6, 6.07) is 4.23. The number of hydrogen-bond acceptors (Lipinski definition) is 2. The number of carbonyl (C=O) groups is 1. The van der Waals surface area contributed by atoms with E-state index >= 15 is 0 Å². The van der Waals surface area contributed by atoms with Crippen LogP contribution in [0.2, 0.25) is 0 Å². The topological polar surface area (TPSA) is 34.9 Å². The van der Waals surface area contributed by atoms with Crippen LogP contribution in [0.25, 0.3) is 0 Å². The normalized spacial score (nSPS) is 10.3. The Morgan fingerprint density at radius 3 is 2.93 bits per heavy atom. The fraction of sp³-hybridized carbons (Fsp3) is 0. The van der Waals surface area contributed by atoms with E-state index in [1.807, 2.05) is 0 Å². The number of imidazole rings is 1. The number of carbonyl (C=O) groups excluding carboxylic acids is 1. The second-order valence-electron chi connectivity index (χ2n) is 2.90. The maximum Gasteiger partial charge on any atom is 0.266 e. The molecule has 0 fully saturated rings. The molecular formula is C10H6BrFN2O. The van der Waals surface area contributed by atoms with Gasteiger partial charge in [0.25, 0.3) is 5.91 Å². The Morgan fingerprint density at radius 1 is 1.47 bits per heavy atom. The van der Waals surface area contributed by atoms with Crippen molar-refractivity contribution >= 4 is 21.8 Å². The summed E-state index contributed by atoms with van der Waals surface area (Å²) in [5.41, 5.74) is 0.0161. The molecule has 0 aliphatic rings. The lowest BCUT2D eigenvalue weighted by Crippen LogP contribution is -2.11. The van der Waals surface area contributed by atoms with E-state index in [-0.39, 0.29) is 5.56 Å². The molecule has 1 aromatic heterocycles. The van der Waals surface area contributed by atoms with Gasteiger partial charge in [-0.25, -0.2) is 9.37 Å². The van der Waals surface area contributed by atoms with Crippen LogP contribution < -0.4 is 0 Å². The Bertz CT molecular complexity index is 496. The molecule has 0 aliphatic heterocycles. The molecule has 0 aliphatic carbocycles. The Balaban J connectivity index is 2.46. The van der Waals surface area contributed by atoms with Gasteiger partial charge in [0.1, 0.15) is 12.1 Å². The summed E-state index contributed by atoms with van der Waals surface area (Å²) in [4.78, 5) is 15.5. The average Bonchev–Trinajstić information content (AvgIpc) is 2.74. The molecule has 0 unspecified atom stereocenters. The Kier molecular flexibility index (Phi) is 2.64. The molecule has 0 saturated carbocycles. The van der Waals surface area contributed by atoms with Crippen LogP contribution in [-0.4, -0.2) is 15.5 Å². The van der Waals surface area contributed by atoms with Crippen molar-refractivity contribution in [3.05, 3.63) is 52.8 Å². The smallest absolute Gasteiger partial charge is 0.266 e. The zero-order chi connectivity index (χ0) is 10.8. The number of benzene rings is 1. The number of rotatable bonds is 1. The first-order valence-corrected chi connectivity index (χ1v) is 4.95. The van der Waals surface area contributed by atoms with Gasteiger partial charge in [-0.1, -0.05) is 15.9 Å². The zero-order valence-electron chi connectivity index (χ0n) is 7.52. The van der Waals surface area contributed by atoms with Crippen LogP contribution in [0.4, 0.5) is 4.39 Å². The zero-order valence-corrected chi connectivity index (χ0v) is 9.11. The number of nitrogens with zero attached hydrogens (tertiary/aromatic N) is 2. The van der Waals surface area contributed by atoms with Crippen LogP contribution in [0.5, 0.6) is 0 Å². The second kappa shape index (κ2) is 3.94. The van der Waals surface area contributed by atoms with Gasteiger partial charge in [-0.15, -0.1) is 0 Å². The quantitative estimate of drug-likeness (QED) is 0.797. The monoisotopic (exact) mass is 268 g/mol. The van der Waals surface area contributed by atoms with Crippen molar-refractivity contribution in [2.24, 2.45) is 0 Å². The van der Waals surface area contributed by atoms with Gasteiger partial charge in [-0.2, -0.15) is 0 Å². The van der Waals surface area contributed by atoms with Crippen LogP contribution in [0.3, 0.4) is 0 Å². The number of aromatic nitrogens is 2. The molecule has 0 bridgehead atoms. The first-order chi connectivity index (χ1) is 7.18. The molecular weight excluding hydrogens is 263 g/mol. The Labute approximate surface area is 93.7 Å². The highest BCUT2D eigenvalue weighted by Crippen LogP contribution is 2.16. The Morgan fingerprint density at radius 2 is 2.27 bits per heavy atom. The van der Waals surface area contributed by atoms with Crippen LogP contribution in [0.15, 0.2) is 41.4 Å². The van der Waals surface area contributed by atoms with Gasteiger partial charge in [0.2, 0.25) is 0 Å². The predicted molar refractivity (Wildman–Crippen MR) is 56.1 cm³/mol. The van der Waals surface area contributed by atoms with Gasteiger partial charge in [0, 0.05) is 16.9 Å². The summed E-state index contributed by atoms with van der Waals surface area (Å²) in [6.07, 6.45) is 4.28. The third-order valence-corrected chi connectivity index (χ3v) is 2.39. The fourth-order valence-corrected chi connectivity index (χ4v) is 1.54. The molecule has 5 heteroatoms. The molecule has 1 aromatic carbocycles. The highest BCUT2D eigenvalue weighted by Gasteiger charge is 2.13. The average molecular weight is 269 g/mol. The first-order valence-electron chi connectivity index (χ1n) is 4.16. The van der Waals surface area contributed by atoms with Crippen molar-refractivity contribution in [1.29, 1.82) is 0 Å². The lowest BCUT2D eigenvalue weighted by molar-refractivity contribution is 0.0955. The highest BCUT2D eigenvalue weighted by atomic mass is 79.9. The first kappa shape index (κ1) is 10.0. The maximum atomic E-state index is 13.3. The number of halogens is 2. The third kappa shape index (κ3) is 1.97. The molecule has 0 atom stereocenters. The molecule has 0 amide bonds. The summed E-state index contributed by atoms with van der Waals surface area (Å²) < 4.78 is 15.2. The van der Waals surface area contributed by atoms with Crippen LogP contribution in [0.1, 0.15) is 10.4 Å². The maximum absolute atomic E-state index is 13.3. The largest absolute Gasteiger partial charge is 0.272 e. The van der Waals surface area contributed by atoms with Gasteiger partial charge >= 0.3 is 0 Å². The molecule has 0 spiro atoms. The molecule has 1 heterocycles. The van der Waals surface area contributed by atoms with E-state index in [4.69, 9.17) is 0 Å². The van der Waals surface area contributed by atoms with Crippen LogP contribution in [-0.2, 0) is 0 Å². The lowest BCUT2D eigenvalue weighted by atomic mass is 10.2. The third-order valence-electron chi connectivity index (χ3n) is 1.90. The van der Waals surface area contributed by atoms with Crippen molar-refractivity contribution in [3.63, 3.8) is 0 Å². The molecule has 3 nitrogen and oxygen atoms in total. The van der Waals surface area contributed by atoms with E-state index in [1.54, 1.807) is 6.07 Å². The summed E-state index contributed by atoms with van der Waals surface area (Å²) in [5, 5.41) is 0. The summed E-state index contributed by atoms with van der Waals surface area (Å²) in [6.45, 7) is 0. The van der Waals surface area contributed by atoms with E-state index in [9.17, 15) is 9.18 Å². The highest BCUT2D eigenvalue weighted by molar-refractivity contribution is 9.10. The minimum absolute atomic E-state index is 0.0161. The van der Waals surface area contributed by atoms with Crippen molar-refractivity contribution < 1.29 is 9.18 Å². The molecule has 0 saturated heterocycles. The van der Waals surface area contributed by atoms with E-state index in [1.165, 1.54) is 35.4 Å². The van der Waals surface area contributed by atoms with E-state index in [0.29, 0.717) is 4.47 Å². The van der Waals surface area contributed by atoms with Gasteiger partial charge < -0.3 is 0 Å². The van der Waals surface area contributed by atoms with Gasteiger partial charge in [0.05, 0.1) is 5.56 Å². The molecule has 0 radical (unpaired) electrons. The Hall–Kier alpha value is -1.49. The SMILES string of the molecule is O=C(c1cc(Br)ccc1F)n1ccnc1. The predicted octanol–water partition coefficient (Wildman–Crippen LogP) is 2.47. The molecule has 0 N–H and O–H groups in total. The summed E-state index contributed by atoms with van der Waals surface area (Å²) in [5.74, 6) is -0.983. The van der Waals surface area contributed by atoms with Crippen molar-refractivity contribution in [1.82, 2.24) is 9.55 Å². The van der Waals surface area contributed by atoms with E-state index < -0.39 is 11.7 Å². The van der Waals surface area contributed by atoms with Gasteiger partial charge in [0.15, 0.2) is 0 Å². The van der Waals surface area contributed by atoms with Crippen LogP contribution >= 0.6 is 15.9 Å². The fourth-order valence-electron chi connectivity index (χ4n) is 1.18. The van der Waals surface area contributed by atoms with Crippen molar-refractivity contribution in [2.45, 2.75) is 0 Å². The molecule has 76 valence electrons. The van der Waals surface area contributed by atoms with Crippen LogP contribution in [0, 0.1) is 5.82 Å². The minimum Gasteiger partial charge on any atom is -0.272 e. The van der Waals surface area contributed by atoms with E-state index in [2.05, 4.69) is 20.9 Å². The van der Waals surface area contributed by atoms with Crippen molar-refractivity contribution in [2.75, 3.05) is 0 Å². The molecule has 2 aromatic rings. The molecule has 2 rings (SSSR count). The van der Waals surface area contributed by atoms with Gasteiger partial charge in [-0.3, -0.25) is 9.36 Å². The van der Waals surface area contributed by atoms with Crippen molar-refractivity contribution in [3.8, 4) is 0 Å². The van der Waals surface area contributed by atoms with E-state index in [0.717, 1.165) is 0 Å². The second-order valence-corrected chi connectivity index (χ2v) is 3.81. The molecule has 15 heavy (non-hydrogen) atoms. The summed E-state index contributed by atoms with van der Waals surface area (Å²) >= 11 is 3.18. The van der Waals surface area contributed by atoms with Gasteiger partial charge in [-0.05, 0) is 18.2 Å². The standard InChI is InChI=1S/C10H6BrFN2O/c11-7-1-2-9(12)8(5-7)10(15)14-4-3-13-6-14/h1-6H. The lowest BCUT2D eigenvalue weighted by Gasteiger charge is -2.02. The number of hydrogen-bond donors (Lipinski definition) is 0. The minimum atomic E-state index is -0.545. The summed E-state index contributed by atoms with van der Waals surface area (Å²) in [7, 11) is 0.